The van der Waals surface area contributed by atoms with E-state index < -0.39 is 12.1 Å². The molecule has 2 atom stereocenters. The molecule has 2 rings (SSSR count). The van der Waals surface area contributed by atoms with Crippen LogP contribution >= 0.6 is 0 Å². The lowest BCUT2D eigenvalue weighted by Gasteiger charge is -2.38. The molecule has 0 aromatic heterocycles. The fourth-order valence-electron chi connectivity index (χ4n) is 3.18. The summed E-state index contributed by atoms with van der Waals surface area (Å²) in [7, 11) is 0. The van der Waals surface area contributed by atoms with Gasteiger partial charge in [-0.05, 0) is 24.7 Å². The predicted molar refractivity (Wildman–Crippen MR) is 52.6 cm³/mol. The van der Waals surface area contributed by atoms with E-state index in [2.05, 4.69) is 0 Å². The van der Waals surface area contributed by atoms with Crippen LogP contribution in [-0.4, -0.2) is 30.1 Å². The average molecular weight is 235 g/mol. The molecule has 0 radical (unpaired) electrons. The van der Waals surface area contributed by atoms with Crippen LogP contribution in [0.1, 0.15) is 26.2 Å². The van der Waals surface area contributed by atoms with Gasteiger partial charge in [-0.15, -0.1) is 0 Å². The van der Waals surface area contributed by atoms with Crippen molar-refractivity contribution < 1.29 is 18.0 Å². The molecule has 1 aliphatic heterocycles. The topological polar surface area (TPSA) is 20.3 Å². The summed E-state index contributed by atoms with van der Waals surface area (Å²) in [5.74, 6) is -1.92. The third-order valence-electron chi connectivity index (χ3n) is 3.87. The van der Waals surface area contributed by atoms with Crippen LogP contribution < -0.4 is 0 Å². The number of hydrogen-bond donors (Lipinski definition) is 0. The maximum absolute atomic E-state index is 12.8. The molecule has 0 aromatic rings. The average Bonchev–Trinajstić information content (AvgIpc) is 2.49. The van der Waals surface area contributed by atoms with Crippen molar-refractivity contribution in [2.45, 2.75) is 32.4 Å². The first-order valence-corrected chi connectivity index (χ1v) is 5.78. The van der Waals surface area contributed by atoms with Gasteiger partial charge in [-0.2, -0.15) is 13.2 Å². The lowest BCUT2D eigenvalue weighted by atomic mass is 9.84. The van der Waals surface area contributed by atoms with Crippen LogP contribution in [0.5, 0.6) is 0 Å². The Morgan fingerprint density at radius 1 is 1.25 bits per heavy atom. The summed E-state index contributed by atoms with van der Waals surface area (Å²) in [6.07, 6.45) is -2.48. The van der Waals surface area contributed by atoms with Gasteiger partial charge in [0, 0.05) is 19.5 Å². The van der Waals surface area contributed by atoms with E-state index in [1.165, 1.54) is 0 Å². The van der Waals surface area contributed by atoms with E-state index in [-0.39, 0.29) is 17.7 Å². The second-order valence-electron chi connectivity index (χ2n) is 4.82. The summed E-state index contributed by atoms with van der Waals surface area (Å²) < 4.78 is 38.4. The highest BCUT2D eigenvalue weighted by atomic mass is 19.4. The number of carbonyl (C=O) groups is 1. The SMILES string of the molecule is CCC(=O)N1CC2CCC(C1)C2C(F)(F)F. The molecule has 2 aliphatic rings. The molecule has 1 saturated heterocycles. The Kier molecular flexibility index (Phi) is 2.88. The predicted octanol–water partition coefficient (Wildman–Crippen LogP) is 2.44. The molecule has 1 aliphatic carbocycles. The number of rotatable bonds is 1. The normalized spacial score (nSPS) is 34.2. The van der Waals surface area contributed by atoms with Crippen LogP contribution in [0, 0.1) is 17.8 Å². The van der Waals surface area contributed by atoms with Gasteiger partial charge >= 0.3 is 6.18 Å². The Hall–Kier alpha value is -0.740. The fraction of sp³-hybridized carbons (Fsp3) is 0.909. The number of alkyl halides is 3. The molecule has 5 heteroatoms. The van der Waals surface area contributed by atoms with Gasteiger partial charge in [0.05, 0.1) is 5.92 Å². The molecule has 2 nitrogen and oxygen atoms in total. The smallest absolute Gasteiger partial charge is 0.342 e. The van der Waals surface area contributed by atoms with Crippen molar-refractivity contribution >= 4 is 5.91 Å². The van der Waals surface area contributed by atoms with E-state index in [1.807, 2.05) is 0 Å². The Morgan fingerprint density at radius 2 is 1.75 bits per heavy atom. The van der Waals surface area contributed by atoms with Crippen LogP contribution in [0.2, 0.25) is 0 Å². The third-order valence-corrected chi connectivity index (χ3v) is 3.87. The quantitative estimate of drug-likeness (QED) is 0.683. The van der Waals surface area contributed by atoms with Crippen LogP contribution in [0.15, 0.2) is 0 Å². The summed E-state index contributed by atoms with van der Waals surface area (Å²) in [4.78, 5) is 13.1. The van der Waals surface area contributed by atoms with Crippen molar-refractivity contribution in [3.8, 4) is 0 Å². The highest BCUT2D eigenvalue weighted by Crippen LogP contribution is 2.49. The molecule has 2 fully saturated rings. The van der Waals surface area contributed by atoms with E-state index in [9.17, 15) is 18.0 Å². The van der Waals surface area contributed by atoms with E-state index in [0.717, 1.165) is 0 Å². The number of carbonyl (C=O) groups excluding carboxylic acids is 1. The summed E-state index contributed by atoms with van der Waals surface area (Å²) in [6.45, 7) is 2.35. The first kappa shape index (κ1) is 11.7. The number of piperidine rings is 1. The van der Waals surface area contributed by atoms with Gasteiger partial charge in [0.25, 0.3) is 0 Å². The molecule has 1 saturated carbocycles. The minimum Gasteiger partial charge on any atom is -0.342 e. The third kappa shape index (κ3) is 1.92. The standard InChI is InChI=1S/C11H16F3NO/c1-2-9(16)15-5-7-3-4-8(6-15)10(7)11(12,13)14/h7-8,10H,2-6H2,1H3. The number of fused-ring (bicyclic) bond motifs is 2. The fourth-order valence-corrected chi connectivity index (χ4v) is 3.18. The Balaban J connectivity index is 2.10. The lowest BCUT2D eigenvalue weighted by molar-refractivity contribution is -0.205. The van der Waals surface area contributed by atoms with Crippen molar-refractivity contribution in [2.75, 3.05) is 13.1 Å². The van der Waals surface area contributed by atoms with Crippen LogP contribution in [0.3, 0.4) is 0 Å². The zero-order valence-electron chi connectivity index (χ0n) is 9.26. The van der Waals surface area contributed by atoms with E-state index >= 15 is 0 Å². The van der Waals surface area contributed by atoms with Crippen LogP contribution in [-0.2, 0) is 4.79 Å². The van der Waals surface area contributed by atoms with Crippen molar-refractivity contribution in [3.63, 3.8) is 0 Å². The summed E-state index contributed by atoms with van der Waals surface area (Å²) in [5.41, 5.74) is 0. The van der Waals surface area contributed by atoms with Gasteiger partial charge in [-0.1, -0.05) is 6.92 Å². The molecular formula is C11H16F3NO. The van der Waals surface area contributed by atoms with Crippen LogP contribution in [0.25, 0.3) is 0 Å². The van der Waals surface area contributed by atoms with Crippen molar-refractivity contribution in [1.82, 2.24) is 4.90 Å². The molecule has 2 unspecified atom stereocenters. The molecule has 0 aromatic carbocycles. The summed E-state index contributed by atoms with van der Waals surface area (Å²) in [5, 5.41) is 0. The first-order valence-electron chi connectivity index (χ1n) is 5.78. The van der Waals surface area contributed by atoms with Gasteiger partial charge < -0.3 is 4.90 Å². The maximum atomic E-state index is 12.8. The molecule has 92 valence electrons. The number of hydrogen-bond acceptors (Lipinski definition) is 1. The van der Waals surface area contributed by atoms with E-state index in [4.69, 9.17) is 0 Å². The Morgan fingerprint density at radius 3 is 2.12 bits per heavy atom. The second kappa shape index (κ2) is 3.93. The van der Waals surface area contributed by atoms with E-state index in [1.54, 1.807) is 11.8 Å². The van der Waals surface area contributed by atoms with E-state index in [0.29, 0.717) is 32.4 Å². The van der Waals surface area contributed by atoms with Crippen molar-refractivity contribution in [2.24, 2.45) is 17.8 Å². The minimum absolute atomic E-state index is 0.0162. The zero-order valence-corrected chi connectivity index (χ0v) is 9.26. The highest BCUT2D eigenvalue weighted by Gasteiger charge is 2.55. The number of amides is 1. The second-order valence-corrected chi connectivity index (χ2v) is 4.82. The molecular weight excluding hydrogens is 219 g/mol. The Bertz CT molecular complexity index is 275. The monoisotopic (exact) mass is 235 g/mol. The van der Waals surface area contributed by atoms with Gasteiger partial charge in [-0.25, -0.2) is 0 Å². The molecule has 1 heterocycles. The lowest BCUT2D eigenvalue weighted by Crippen LogP contribution is -2.49. The highest BCUT2D eigenvalue weighted by molar-refractivity contribution is 5.76. The number of halogens is 3. The first-order chi connectivity index (χ1) is 7.43. The molecule has 1 amide bonds. The zero-order chi connectivity index (χ0) is 11.9. The van der Waals surface area contributed by atoms with Crippen molar-refractivity contribution in [1.29, 1.82) is 0 Å². The van der Waals surface area contributed by atoms with Gasteiger partial charge in [0.2, 0.25) is 5.91 Å². The maximum Gasteiger partial charge on any atom is 0.392 e. The Labute approximate surface area is 92.8 Å². The van der Waals surface area contributed by atoms with Crippen molar-refractivity contribution in [3.05, 3.63) is 0 Å². The van der Waals surface area contributed by atoms with Gasteiger partial charge in [0.1, 0.15) is 0 Å². The molecule has 2 bridgehead atoms. The summed E-state index contributed by atoms with van der Waals surface area (Å²) >= 11 is 0. The molecule has 16 heavy (non-hydrogen) atoms. The van der Waals surface area contributed by atoms with Gasteiger partial charge in [-0.3, -0.25) is 4.79 Å². The van der Waals surface area contributed by atoms with Gasteiger partial charge in [0.15, 0.2) is 0 Å². The number of likely N-dealkylation sites (tertiary alicyclic amines) is 1. The molecule has 0 N–H and O–H groups in total. The van der Waals surface area contributed by atoms with Crippen LogP contribution in [0.4, 0.5) is 13.2 Å². The largest absolute Gasteiger partial charge is 0.392 e. The minimum atomic E-state index is -4.09. The molecule has 0 spiro atoms. The summed E-state index contributed by atoms with van der Waals surface area (Å²) in [6, 6.07) is 0. The number of nitrogens with zero attached hydrogens (tertiary/aromatic N) is 1.